The fourth-order valence-electron chi connectivity index (χ4n) is 0.629. The first-order valence-corrected chi connectivity index (χ1v) is 2.93. The topological polar surface area (TPSA) is 88.8 Å². The average Bonchev–Trinajstić information content (AvgIpc) is 1.98. The fourth-order valence-corrected chi connectivity index (χ4v) is 0.629. The van der Waals surface area contributed by atoms with Crippen LogP contribution in [0.1, 0.15) is 0 Å². The molecule has 6 heteroatoms. The van der Waals surface area contributed by atoms with Gasteiger partial charge in [0, 0.05) is 12.1 Å². The molecule has 1 rings (SSSR count). The number of pyridine rings is 1. The normalized spacial score (nSPS) is 9.33. The lowest BCUT2D eigenvalue weighted by molar-refractivity contribution is 0.108. The molecule has 0 aliphatic heterocycles. The van der Waals surface area contributed by atoms with Crippen LogP contribution in [0.2, 0.25) is 0 Å². The molecule has 0 radical (unpaired) electrons. The Kier molecular flexibility index (Phi) is 2.00. The van der Waals surface area contributed by atoms with Gasteiger partial charge in [-0.25, -0.2) is 4.79 Å². The lowest BCUT2D eigenvalue weighted by Crippen LogP contribution is -2.19. The second-order valence-corrected chi connectivity index (χ2v) is 1.88. The molecule has 1 aromatic rings. The van der Waals surface area contributed by atoms with Gasteiger partial charge in [-0.2, -0.15) is 0 Å². The number of ether oxygens (including phenoxy) is 1. The monoisotopic (exact) mass is 171 g/mol. The van der Waals surface area contributed by atoms with Crippen molar-refractivity contribution in [3.63, 3.8) is 0 Å². The Morgan fingerprint density at radius 2 is 2.17 bits per heavy atom. The Hall–Kier alpha value is -1.98. The summed E-state index contributed by atoms with van der Waals surface area (Å²) in [4.78, 5) is 20.6. The maximum Gasteiger partial charge on any atom is 0.512 e. The molecule has 0 unspecified atom stereocenters. The summed E-state index contributed by atoms with van der Waals surface area (Å²) < 4.78 is 4.16. The van der Waals surface area contributed by atoms with E-state index in [1.807, 2.05) is 0 Å². The van der Waals surface area contributed by atoms with Crippen molar-refractivity contribution >= 4 is 6.16 Å². The first-order chi connectivity index (χ1) is 5.61. The molecule has 0 spiro atoms. The minimum absolute atomic E-state index is 0.105. The van der Waals surface area contributed by atoms with E-state index in [9.17, 15) is 9.59 Å². The number of carboxylic acid groups (broad SMARTS) is 1. The summed E-state index contributed by atoms with van der Waals surface area (Å²) in [6.45, 7) is 0. The second-order valence-electron chi connectivity index (χ2n) is 1.88. The smallest absolute Gasteiger partial charge is 0.449 e. The van der Waals surface area contributed by atoms with Crippen molar-refractivity contribution in [1.29, 1.82) is 0 Å². The molecule has 0 saturated carbocycles. The van der Waals surface area contributed by atoms with E-state index in [-0.39, 0.29) is 4.73 Å². The van der Waals surface area contributed by atoms with Crippen LogP contribution in [-0.4, -0.2) is 21.2 Å². The molecule has 0 aliphatic rings. The standard InChI is InChI=1S/C6H5NO5/c8-4-2-1-3-5(7(4)11)12-6(9)10/h1-3,11H,(H,9,10). The SMILES string of the molecule is O=C(O)Oc1cccc(=O)n1O. The molecule has 6 nitrogen and oxygen atoms in total. The summed E-state index contributed by atoms with van der Waals surface area (Å²) in [6.07, 6.45) is -1.59. The number of carbonyl (C=O) groups is 1. The number of hydrogen-bond donors (Lipinski definition) is 2. The van der Waals surface area contributed by atoms with Crippen molar-refractivity contribution < 1.29 is 19.8 Å². The van der Waals surface area contributed by atoms with E-state index in [0.717, 1.165) is 12.1 Å². The lowest BCUT2D eigenvalue weighted by atomic mass is 10.5. The molecule has 0 aromatic carbocycles. The van der Waals surface area contributed by atoms with Gasteiger partial charge >= 0.3 is 6.16 Å². The molecule has 0 bridgehead atoms. The van der Waals surface area contributed by atoms with Crippen LogP contribution in [0, 0.1) is 0 Å². The van der Waals surface area contributed by atoms with Crippen molar-refractivity contribution in [2.24, 2.45) is 0 Å². The molecule has 0 aliphatic carbocycles. The minimum Gasteiger partial charge on any atom is -0.449 e. The third kappa shape index (κ3) is 1.54. The van der Waals surface area contributed by atoms with E-state index in [0.29, 0.717) is 0 Å². The van der Waals surface area contributed by atoms with E-state index in [4.69, 9.17) is 10.3 Å². The molecule has 2 N–H and O–H groups in total. The van der Waals surface area contributed by atoms with E-state index in [1.165, 1.54) is 6.07 Å². The van der Waals surface area contributed by atoms with Crippen molar-refractivity contribution in [3.05, 3.63) is 28.6 Å². The van der Waals surface area contributed by atoms with Gasteiger partial charge in [0.25, 0.3) is 5.56 Å². The molecule has 0 atom stereocenters. The largest absolute Gasteiger partial charge is 0.512 e. The maximum atomic E-state index is 10.7. The van der Waals surface area contributed by atoms with Gasteiger partial charge in [0.05, 0.1) is 0 Å². The van der Waals surface area contributed by atoms with E-state index < -0.39 is 17.6 Å². The molecule has 1 aromatic heterocycles. The maximum absolute atomic E-state index is 10.7. The molecular formula is C6H5NO5. The molecule has 0 amide bonds. The number of aromatic nitrogens is 1. The third-order valence-electron chi connectivity index (χ3n) is 1.09. The van der Waals surface area contributed by atoms with Crippen LogP contribution < -0.4 is 10.3 Å². The van der Waals surface area contributed by atoms with Crippen LogP contribution in [0.3, 0.4) is 0 Å². The van der Waals surface area contributed by atoms with E-state index in [2.05, 4.69) is 4.74 Å². The summed E-state index contributed by atoms with van der Waals surface area (Å²) in [5, 5.41) is 17.0. The molecule has 0 fully saturated rings. The summed E-state index contributed by atoms with van der Waals surface area (Å²) in [7, 11) is 0. The summed E-state index contributed by atoms with van der Waals surface area (Å²) in [5.74, 6) is -0.435. The van der Waals surface area contributed by atoms with Gasteiger partial charge < -0.3 is 15.1 Å². The highest BCUT2D eigenvalue weighted by atomic mass is 16.7. The third-order valence-corrected chi connectivity index (χ3v) is 1.09. The summed E-state index contributed by atoms with van der Waals surface area (Å²) >= 11 is 0. The lowest BCUT2D eigenvalue weighted by Gasteiger charge is -2.01. The highest BCUT2D eigenvalue weighted by Gasteiger charge is 2.05. The molecule has 64 valence electrons. The molecule has 0 saturated heterocycles. The van der Waals surface area contributed by atoms with Crippen LogP contribution >= 0.6 is 0 Å². The Morgan fingerprint density at radius 1 is 1.50 bits per heavy atom. The Labute approximate surface area is 66.2 Å². The van der Waals surface area contributed by atoms with E-state index in [1.54, 1.807) is 0 Å². The molecule has 1 heterocycles. The number of nitrogens with zero attached hydrogens (tertiary/aromatic N) is 1. The van der Waals surface area contributed by atoms with Crippen LogP contribution in [0.4, 0.5) is 4.79 Å². The summed E-state index contributed by atoms with van der Waals surface area (Å²) in [5.41, 5.74) is -0.756. The zero-order chi connectivity index (χ0) is 9.14. The van der Waals surface area contributed by atoms with Gasteiger partial charge in [-0.05, 0) is 0 Å². The van der Waals surface area contributed by atoms with Gasteiger partial charge in [0.1, 0.15) is 0 Å². The predicted octanol–water partition coefficient (Wildman–Crippen LogP) is 0.142. The Bertz CT molecular complexity index is 355. The van der Waals surface area contributed by atoms with Crippen molar-refractivity contribution in [2.45, 2.75) is 0 Å². The highest BCUT2D eigenvalue weighted by molar-refractivity contribution is 5.60. The number of hydrogen-bond acceptors (Lipinski definition) is 4. The van der Waals surface area contributed by atoms with Gasteiger partial charge in [-0.1, -0.05) is 6.07 Å². The van der Waals surface area contributed by atoms with Gasteiger partial charge in [-0.3, -0.25) is 4.79 Å². The zero-order valence-corrected chi connectivity index (χ0v) is 5.80. The predicted molar refractivity (Wildman–Crippen MR) is 36.5 cm³/mol. The highest BCUT2D eigenvalue weighted by Crippen LogP contribution is 2.03. The van der Waals surface area contributed by atoms with Crippen molar-refractivity contribution in [1.82, 2.24) is 4.73 Å². The average molecular weight is 171 g/mol. The van der Waals surface area contributed by atoms with Crippen LogP contribution in [0.5, 0.6) is 5.88 Å². The quantitative estimate of drug-likeness (QED) is 0.463. The first-order valence-electron chi connectivity index (χ1n) is 2.93. The fraction of sp³-hybridized carbons (Fsp3) is 0. The van der Waals surface area contributed by atoms with Crippen molar-refractivity contribution in [3.8, 4) is 5.88 Å². The Balaban J connectivity index is 3.08. The van der Waals surface area contributed by atoms with Gasteiger partial charge in [-0.15, -0.1) is 4.73 Å². The molecule has 12 heavy (non-hydrogen) atoms. The van der Waals surface area contributed by atoms with E-state index >= 15 is 0 Å². The van der Waals surface area contributed by atoms with Crippen LogP contribution in [0.25, 0.3) is 0 Å². The zero-order valence-electron chi connectivity index (χ0n) is 5.80. The number of rotatable bonds is 1. The van der Waals surface area contributed by atoms with Gasteiger partial charge in [0.15, 0.2) is 0 Å². The second kappa shape index (κ2) is 2.95. The minimum atomic E-state index is -1.59. The summed E-state index contributed by atoms with van der Waals surface area (Å²) in [6, 6.07) is 3.48. The molecular weight excluding hydrogens is 166 g/mol. The van der Waals surface area contributed by atoms with Crippen LogP contribution in [-0.2, 0) is 0 Å². The van der Waals surface area contributed by atoms with Crippen molar-refractivity contribution in [2.75, 3.05) is 0 Å². The van der Waals surface area contributed by atoms with Crippen LogP contribution in [0.15, 0.2) is 23.0 Å². The van der Waals surface area contributed by atoms with Gasteiger partial charge in [0.2, 0.25) is 5.88 Å². The Morgan fingerprint density at radius 3 is 2.75 bits per heavy atom. The first kappa shape index (κ1) is 8.12.